The van der Waals surface area contributed by atoms with Crippen LogP contribution in [-0.4, -0.2) is 45.7 Å². The quantitative estimate of drug-likeness (QED) is 0.877. The Kier molecular flexibility index (Phi) is 4.68. The highest BCUT2D eigenvalue weighted by Crippen LogP contribution is 2.36. The zero-order valence-corrected chi connectivity index (χ0v) is 14.8. The predicted molar refractivity (Wildman–Crippen MR) is 98.7 cm³/mol. The third kappa shape index (κ3) is 3.83. The van der Waals surface area contributed by atoms with Crippen molar-refractivity contribution in [1.29, 1.82) is 0 Å². The summed E-state index contributed by atoms with van der Waals surface area (Å²) in [7, 11) is 0. The fourth-order valence-electron chi connectivity index (χ4n) is 3.81. The molecule has 0 bridgehead atoms. The summed E-state index contributed by atoms with van der Waals surface area (Å²) < 4.78 is 0. The molecule has 4 rings (SSSR count). The standard InChI is InChI=1S/C20H26N4O/c1-14-22-19(17-10-18(25)11-17)12-20(23-14)21-7-9-24-8-6-15-4-2-3-5-16(15)13-24/h2-5,12,17-18,25H,6-11,13H2,1H3,(H,21,22,23). The van der Waals surface area contributed by atoms with Crippen LogP contribution in [0, 0.1) is 6.92 Å². The molecule has 0 radical (unpaired) electrons. The number of aliphatic hydroxyl groups is 1. The van der Waals surface area contributed by atoms with Crippen LogP contribution < -0.4 is 5.32 Å². The molecule has 1 aliphatic carbocycles. The van der Waals surface area contributed by atoms with Gasteiger partial charge in [0.2, 0.25) is 0 Å². The van der Waals surface area contributed by atoms with Crippen molar-refractivity contribution < 1.29 is 5.11 Å². The Hall–Kier alpha value is -1.98. The highest BCUT2D eigenvalue weighted by molar-refractivity contribution is 5.37. The minimum absolute atomic E-state index is 0.154. The lowest BCUT2D eigenvalue weighted by molar-refractivity contribution is 0.0731. The number of benzene rings is 1. The van der Waals surface area contributed by atoms with E-state index in [-0.39, 0.29) is 6.10 Å². The fourth-order valence-corrected chi connectivity index (χ4v) is 3.81. The van der Waals surface area contributed by atoms with E-state index >= 15 is 0 Å². The molecular weight excluding hydrogens is 312 g/mol. The lowest BCUT2D eigenvalue weighted by Gasteiger charge is -2.31. The Balaban J connectivity index is 1.32. The van der Waals surface area contributed by atoms with Gasteiger partial charge in [-0.25, -0.2) is 9.97 Å². The van der Waals surface area contributed by atoms with Crippen molar-refractivity contribution in [3.05, 3.63) is 53.0 Å². The van der Waals surface area contributed by atoms with Gasteiger partial charge in [0, 0.05) is 43.9 Å². The largest absolute Gasteiger partial charge is 0.393 e. The molecule has 1 fully saturated rings. The first-order chi connectivity index (χ1) is 12.2. The number of nitrogens with one attached hydrogen (secondary N) is 1. The normalized spacial score (nSPS) is 23.0. The highest BCUT2D eigenvalue weighted by Gasteiger charge is 2.30. The maximum Gasteiger partial charge on any atom is 0.129 e. The summed E-state index contributed by atoms with van der Waals surface area (Å²) in [5.41, 5.74) is 4.01. The van der Waals surface area contributed by atoms with Crippen LogP contribution in [0.5, 0.6) is 0 Å². The lowest BCUT2D eigenvalue weighted by Crippen LogP contribution is -2.34. The molecule has 5 heteroatoms. The van der Waals surface area contributed by atoms with Gasteiger partial charge in [-0.3, -0.25) is 4.90 Å². The molecule has 0 atom stereocenters. The summed E-state index contributed by atoms with van der Waals surface area (Å²) in [5.74, 6) is 2.09. The molecule has 0 saturated heterocycles. The van der Waals surface area contributed by atoms with Gasteiger partial charge in [-0.15, -0.1) is 0 Å². The van der Waals surface area contributed by atoms with E-state index in [0.717, 1.165) is 62.8 Å². The van der Waals surface area contributed by atoms with E-state index in [1.807, 2.05) is 6.92 Å². The van der Waals surface area contributed by atoms with Gasteiger partial charge in [0.15, 0.2) is 0 Å². The molecular formula is C20H26N4O. The van der Waals surface area contributed by atoms with Crippen LogP contribution in [0.4, 0.5) is 5.82 Å². The topological polar surface area (TPSA) is 61.3 Å². The van der Waals surface area contributed by atoms with Crippen molar-refractivity contribution in [3.63, 3.8) is 0 Å². The first kappa shape index (κ1) is 16.5. The fraction of sp³-hybridized carbons (Fsp3) is 0.500. The van der Waals surface area contributed by atoms with E-state index < -0.39 is 0 Å². The molecule has 0 amide bonds. The second kappa shape index (κ2) is 7.10. The molecule has 0 unspecified atom stereocenters. The molecule has 2 N–H and O–H groups in total. The average molecular weight is 338 g/mol. The van der Waals surface area contributed by atoms with E-state index in [9.17, 15) is 5.11 Å². The number of hydrogen-bond donors (Lipinski definition) is 2. The van der Waals surface area contributed by atoms with Crippen molar-refractivity contribution in [2.75, 3.05) is 25.0 Å². The number of aromatic nitrogens is 2. The molecule has 1 saturated carbocycles. The number of nitrogens with zero attached hydrogens (tertiary/aromatic N) is 3. The third-order valence-corrected chi connectivity index (χ3v) is 5.33. The smallest absolute Gasteiger partial charge is 0.129 e. The Morgan fingerprint density at radius 1 is 1.20 bits per heavy atom. The average Bonchev–Trinajstić information content (AvgIpc) is 2.58. The van der Waals surface area contributed by atoms with Crippen LogP contribution in [-0.2, 0) is 13.0 Å². The second-order valence-electron chi connectivity index (χ2n) is 7.27. The molecule has 132 valence electrons. The van der Waals surface area contributed by atoms with E-state index in [0.29, 0.717) is 5.92 Å². The van der Waals surface area contributed by atoms with Crippen molar-refractivity contribution in [2.24, 2.45) is 0 Å². The molecule has 25 heavy (non-hydrogen) atoms. The zero-order chi connectivity index (χ0) is 17.2. The number of aliphatic hydroxyl groups excluding tert-OH is 1. The second-order valence-corrected chi connectivity index (χ2v) is 7.27. The van der Waals surface area contributed by atoms with Gasteiger partial charge in [0.05, 0.1) is 6.10 Å². The van der Waals surface area contributed by atoms with E-state index in [2.05, 4.69) is 50.5 Å². The van der Waals surface area contributed by atoms with Crippen molar-refractivity contribution in [3.8, 4) is 0 Å². The van der Waals surface area contributed by atoms with Gasteiger partial charge in [-0.1, -0.05) is 24.3 Å². The lowest BCUT2D eigenvalue weighted by atomic mass is 9.80. The summed E-state index contributed by atoms with van der Waals surface area (Å²) in [4.78, 5) is 11.5. The first-order valence-corrected chi connectivity index (χ1v) is 9.24. The Morgan fingerprint density at radius 3 is 2.80 bits per heavy atom. The van der Waals surface area contributed by atoms with E-state index in [1.54, 1.807) is 0 Å². The number of hydrogen-bond acceptors (Lipinski definition) is 5. The molecule has 2 aliphatic rings. The van der Waals surface area contributed by atoms with Gasteiger partial charge < -0.3 is 10.4 Å². The zero-order valence-electron chi connectivity index (χ0n) is 14.8. The summed E-state index contributed by atoms with van der Waals surface area (Å²) in [5, 5.41) is 13.0. The number of anilines is 1. The van der Waals surface area contributed by atoms with Gasteiger partial charge >= 0.3 is 0 Å². The van der Waals surface area contributed by atoms with Crippen LogP contribution in [0.1, 0.15) is 41.4 Å². The Bertz CT molecular complexity index is 742. The minimum atomic E-state index is -0.154. The van der Waals surface area contributed by atoms with Crippen LogP contribution >= 0.6 is 0 Å². The minimum Gasteiger partial charge on any atom is -0.393 e. The third-order valence-electron chi connectivity index (χ3n) is 5.33. The number of rotatable bonds is 5. The highest BCUT2D eigenvalue weighted by atomic mass is 16.3. The van der Waals surface area contributed by atoms with E-state index in [1.165, 1.54) is 11.1 Å². The summed E-state index contributed by atoms with van der Waals surface area (Å²) in [6, 6.07) is 10.8. The molecule has 2 aromatic rings. The van der Waals surface area contributed by atoms with Crippen LogP contribution in [0.15, 0.2) is 30.3 Å². The van der Waals surface area contributed by atoms with Gasteiger partial charge in [-0.2, -0.15) is 0 Å². The van der Waals surface area contributed by atoms with E-state index in [4.69, 9.17) is 0 Å². The Morgan fingerprint density at radius 2 is 2.00 bits per heavy atom. The molecule has 1 aliphatic heterocycles. The van der Waals surface area contributed by atoms with Crippen molar-refractivity contribution in [2.45, 2.75) is 44.8 Å². The number of fused-ring (bicyclic) bond motifs is 1. The molecule has 1 aromatic carbocycles. The predicted octanol–water partition coefficient (Wildman–Crippen LogP) is 2.49. The first-order valence-electron chi connectivity index (χ1n) is 9.24. The molecule has 1 aromatic heterocycles. The molecule has 0 spiro atoms. The van der Waals surface area contributed by atoms with Crippen LogP contribution in [0.2, 0.25) is 0 Å². The van der Waals surface area contributed by atoms with Crippen molar-refractivity contribution in [1.82, 2.24) is 14.9 Å². The summed E-state index contributed by atoms with van der Waals surface area (Å²) in [6.07, 6.45) is 2.63. The van der Waals surface area contributed by atoms with Gasteiger partial charge in [-0.05, 0) is 37.3 Å². The Labute approximate surface area is 149 Å². The maximum atomic E-state index is 9.51. The molecule has 5 nitrogen and oxygen atoms in total. The van der Waals surface area contributed by atoms with Crippen molar-refractivity contribution >= 4 is 5.82 Å². The van der Waals surface area contributed by atoms with Crippen LogP contribution in [0.25, 0.3) is 0 Å². The molecule has 2 heterocycles. The summed E-state index contributed by atoms with van der Waals surface area (Å²) >= 11 is 0. The van der Waals surface area contributed by atoms with Gasteiger partial charge in [0.25, 0.3) is 0 Å². The summed E-state index contributed by atoms with van der Waals surface area (Å²) in [6.45, 7) is 5.98. The van der Waals surface area contributed by atoms with Crippen LogP contribution in [0.3, 0.4) is 0 Å². The van der Waals surface area contributed by atoms with Gasteiger partial charge in [0.1, 0.15) is 11.6 Å². The number of aryl methyl sites for hydroxylation is 1. The SMILES string of the molecule is Cc1nc(NCCN2CCc3ccccc3C2)cc(C2CC(O)C2)n1. The monoisotopic (exact) mass is 338 g/mol. The maximum absolute atomic E-state index is 9.51.